The molecule has 0 atom stereocenters. The largest absolute Gasteiger partial charge is 0.289 e. The molecule has 24 heavy (non-hydrogen) atoms. The van der Waals surface area contributed by atoms with E-state index in [2.05, 4.69) is 17.1 Å². The van der Waals surface area contributed by atoms with E-state index >= 15 is 0 Å². The van der Waals surface area contributed by atoms with E-state index in [4.69, 9.17) is 0 Å². The summed E-state index contributed by atoms with van der Waals surface area (Å²) in [6, 6.07) is 18.3. The van der Waals surface area contributed by atoms with Crippen LogP contribution < -0.4 is 0 Å². The van der Waals surface area contributed by atoms with Crippen molar-refractivity contribution in [2.75, 3.05) is 6.26 Å². The number of rotatable bonds is 2. The Morgan fingerprint density at radius 3 is 2.54 bits per heavy atom. The summed E-state index contributed by atoms with van der Waals surface area (Å²) < 4.78 is 0. The van der Waals surface area contributed by atoms with Crippen LogP contribution in [0.5, 0.6) is 0 Å². The van der Waals surface area contributed by atoms with Gasteiger partial charge in [-0.15, -0.1) is 11.8 Å². The molecule has 2 aromatic carbocycles. The van der Waals surface area contributed by atoms with E-state index in [0.29, 0.717) is 0 Å². The second-order valence-corrected chi connectivity index (χ2v) is 6.82. The Morgan fingerprint density at radius 2 is 1.75 bits per heavy atom. The predicted molar refractivity (Wildman–Crippen MR) is 98.7 cm³/mol. The first-order chi connectivity index (χ1) is 11.8. The zero-order chi connectivity index (χ0) is 16.5. The highest BCUT2D eigenvalue weighted by molar-refractivity contribution is 7.98. The number of aromatic nitrogens is 1. The van der Waals surface area contributed by atoms with Crippen LogP contribution in [0.2, 0.25) is 0 Å². The Morgan fingerprint density at radius 1 is 0.917 bits per heavy atom. The van der Waals surface area contributed by atoms with Crippen molar-refractivity contribution in [1.29, 1.82) is 0 Å². The molecule has 1 aliphatic carbocycles. The number of hydrogen-bond acceptors (Lipinski definition) is 3. The maximum absolute atomic E-state index is 13.1. The first kappa shape index (κ1) is 15.2. The molecule has 118 valence electrons. The number of ketones is 1. The van der Waals surface area contributed by atoms with Gasteiger partial charge in [0.15, 0.2) is 5.78 Å². The molecule has 0 saturated carbocycles. The molecule has 0 saturated heterocycles. The van der Waals surface area contributed by atoms with Gasteiger partial charge in [-0.05, 0) is 48.4 Å². The monoisotopic (exact) mass is 331 g/mol. The minimum absolute atomic E-state index is 0.0960. The number of hydrogen-bond donors (Lipinski definition) is 0. The van der Waals surface area contributed by atoms with Crippen molar-refractivity contribution in [2.45, 2.75) is 17.7 Å². The second kappa shape index (κ2) is 6.25. The van der Waals surface area contributed by atoms with Gasteiger partial charge in [-0.25, -0.2) is 0 Å². The molecule has 3 aromatic rings. The summed E-state index contributed by atoms with van der Waals surface area (Å²) in [5.41, 5.74) is 5.68. The molecule has 1 aromatic heterocycles. The van der Waals surface area contributed by atoms with E-state index < -0.39 is 0 Å². The first-order valence-electron chi connectivity index (χ1n) is 8.02. The average Bonchev–Trinajstić information content (AvgIpc) is 2.79. The number of aryl methyl sites for hydroxylation is 2. The van der Waals surface area contributed by atoms with Gasteiger partial charge in [-0.2, -0.15) is 0 Å². The summed E-state index contributed by atoms with van der Waals surface area (Å²) in [7, 11) is 0. The Kier molecular flexibility index (Phi) is 3.95. The minimum atomic E-state index is 0.0960. The van der Waals surface area contributed by atoms with Crippen molar-refractivity contribution in [3.63, 3.8) is 0 Å². The molecule has 0 N–H and O–H groups in total. The number of benzene rings is 2. The maximum atomic E-state index is 13.1. The summed E-state index contributed by atoms with van der Waals surface area (Å²) in [6.07, 6.45) is 5.58. The molecule has 1 aliphatic rings. The second-order valence-electron chi connectivity index (χ2n) is 5.94. The van der Waals surface area contributed by atoms with E-state index in [1.165, 1.54) is 0 Å². The number of carbonyl (C=O) groups is 1. The molecule has 2 nitrogen and oxygen atoms in total. The standard InChI is InChI=1S/C21H17NOS/c1-24-17-9-7-15-8-10-20-19(21(23)18(15)12-17)11-16(13-22-20)14-5-3-2-4-6-14/h2-7,9,11-13H,8,10H2,1H3. The molecule has 3 heteroatoms. The molecule has 1 heterocycles. The van der Waals surface area contributed by atoms with E-state index in [1.54, 1.807) is 11.8 Å². The third-order valence-corrected chi connectivity index (χ3v) is 5.24. The SMILES string of the molecule is CSc1ccc2c(c1)C(=O)c1cc(-c3ccccc3)cnc1CC2. The predicted octanol–water partition coefficient (Wildman–Crippen LogP) is 4.80. The van der Waals surface area contributed by atoms with Gasteiger partial charge >= 0.3 is 0 Å². The summed E-state index contributed by atoms with van der Waals surface area (Å²) in [5, 5.41) is 0. The molecule has 0 bridgehead atoms. The van der Waals surface area contributed by atoms with Crippen LogP contribution in [0.3, 0.4) is 0 Å². The Balaban J connectivity index is 1.84. The molecule has 0 unspecified atom stereocenters. The normalized spacial score (nSPS) is 13.1. The van der Waals surface area contributed by atoms with Crippen molar-refractivity contribution < 1.29 is 4.79 Å². The molecule has 4 rings (SSSR count). The van der Waals surface area contributed by atoms with Crippen LogP contribution >= 0.6 is 11.8 Å². The zero-order valence-corrected chi connectivity index (χ0v) is 14.3. The lowest BCUT2D eigenvalue weighted by Gasteiger charge is -2.08. The Hall–Kier alpha value is -2.39. The lowest BCUT2D eigenvalue weighted by atomic mass is 9.98. The summed E-state index contributed by atoms with van der Waals surface area (Å²) in [6.45, 7) is 0. The van der Waals surface area contributed by atoms with Crippen molar-refractivity contribution in [2.24, 2.45) is 0 Å². The van der Waals surface area contributed by atoms with Gasteiger partial charge < -0.3 is 0 Å². The first-order valence-corrected chi connectivity index (χ1v) is 9.24. The molecule has 0 spiro atoms. The van der Waals surface area contributed by atoms with Gasteiger partial charge in [0.1, 0.15) is 0 Å². The number of nitrogens with zero attached hydrogens (tertiary/aromatic N) is 1. The third kappa shape index (κ3) is 2.65. The average molecular weight is 331 g/mol. The Labute approximate surface area is 146 Å². The fourth-order valence-electron chi connectivity index (χ4n) is 3.19. The topological polar surface area (TPSA) is 30.0 Å². The summed E-state index contributed by atoms with van der Waals surface area (Å²) in [5.74, 6) is 0.0960. The van der Waals surface area contributed by atoms with Crippen LogP contribution in [-0.2, 0) is 12.8 Å². The van der Waals surface area contributed by atoms with Crippen molar-refractivity contribution in [3.8, 4) is 11.1 Å². The van der Waals surface area contributed by atoms with Gasteiger partial charge in [0, 0.05) is 27.8 Å². The van der Waals surface area contributed by atoms with Crippen molar-refractivity contribution in [1.82, 2.24) is 4.98 Å². The van der Waals surface area contributed by atoms with Crippen LogP contribution in [0.15, 0.2) is 65.7 Å². The van der Waals surface area contributed by atoms with Gasteiger partial charge in [0.25, 0.3) is 0 Å². The molecular weight excluding hydrogens is 314 g/mol. The van der Waals surface area contributed by atoms with Gasteiger partial charge in [0.05, 0.1) is 5.69 Å². The van der Waals surface area contributed by atoms with Crippen LogP contribution in [-0.4, -0.2) is 17.0 Å². The maximum Gasteiger partial charge on any atom is 0.195 e. The molecule has 0 radical (unpaired) electrons. The third-order valence-electron chi connectivity index (χ3n) is 4.51. The summed E-state index contributed by atoms with van der Waals surface area (Å²) >= 11 is 1.66. The minimum Gasteiger partial charge on any atom is -0.289 e. The lowest BCUT2D eigenvalue weighted by Crippen LogP contribution is -2.06. The summed E-state index contributed by atoms with van der Waals surface area (Å²) in [4.78, 5) is 18.9. The quantitative estimate of drug-likeness (QED) is 0.632. The van der Waals surface area contributed by atoms with Gasteiger partial charge in [-0.1, -0.05) is 36.4 Å². The van der Waals surface area contributed by atoms with E-state index in [1.807, 2.05) is 54.9 Å². The molecular formula is C21H17NOS. The lowest BCUT2D eigenvalue weighted by molar-refractivity contribution is 0.103. The van der Waals surface area contributed by atoms with Crippen LogP contribution in [0.25, 0.3) is 11.1 Å². The highest BCUT2D eigenvalue weighted by Gasteiger charge is 2.23. The van der Waals surface area contributed by atoms with Crippen LogP contribution in [0, 0.1) is 0 Å². The van der Waals surface area contributed by atoms with Crippen LogP contribution in [0.4, 0.5) is 0 Å². The molecule has 0 amide bonds. The number of carbonyl (C=O) groups excluding carboxylic acids is 1. The van der Waals surface area contributed by atoms with Crippen LogP contribution in [0.1, 0.15) is 27.2 Å². The van der Waals surface area contributed by atoms with Gasteiger partial charge in [-0.3, -0.25) is 9.78 Å². The van der Waals surface area contributed by atoms with E-state index in [9.17, 15) is 4.79 Å². The van der Waals surface area contributed by atoms with E-state index in [-0.39, 0.29) is 5.78 Å². The van der Waals surface area contributed by atoms with Crippen molar-refractivity contribution >= 4 is 17.5 Å². The Bertz CT molecular complexity index is 918. The number of fused-ring (bicyclic) bond motifs is 2. The van der Waals surface area contributed by atoms with E-state index in [0.717, 1.165) is 51.2 Å². The highest BCUT2D eigenvalue weighted by Crippen LogP contribution is 2.29. The zero-order valence-electron chi connectivity index (χ0n) is 13.5. The van der Waals surface area contributed by atoms with Crippen molar-refractivity contribution in [3.05, 3.63) is 83.2 Å². The fourth-order valence-corrected chi connectivity index (χ4v) is 3.63. The highest BCUT2D eigenvalue weighted by atomic mass is 32.2. The molecule has 0 aliphatic heterocycles. The molecule has 0 fully saturated rings. The number of pyridine rings is 1. The fraction of sp³-hybridized carbons (Fsp3) is 0.143. The number of thioether (sulfide) groups is 1. The smallest absolute Gasteiger partial charge is 0.195 e. The van der Waals surface area contributed by atoms with Gasteiger partial charge in [0.2, 0.25) is 0 Å².